The van der Waals surface area contributed by atoms with Gasteiger partial charge in [0.05, 0.1) is 5.02 Å². The Morgan fingerprint density at radius 1 is 1.04 bits per heavy atom. The number of halogens is 2. The first-order chi connectivity index (χ1) is 11.8. The lowest BCUT2D eigenvalue weighted by atomic mass is 10.2. The van der Waals surface area contributed by atoms with E-state index in [4.69, 9.17) is 32.7 Å². The fraction of sp³-hybridized carbons (Fsp3) is 0.222. The highest BCUT2D eigenvalue weighted by molar-refractivity contribution is 6.32. The highest BCUT2D eigenvalue weighted by atomic mass is 35.5. The Hall–Kier alpha value is -2.24. The van der Waals surface area contributed by atoms with Crippen LogP contribution in [0.3, 0.4) is 0 Å². The number of benzene rings is 2. The fourth-order valence-corrected chi connectivity index (χ4v) is 2.30. The molecule has 2 aromatic rings. The van der Waals surface area contributed by atoms with Crippen molar-refractivity contribution in [2.75, 3.05) is 18.5 Å². The van der Waals surface area contributed by atoms with Gasteiger partial charge < -0.3 is 14.8 Å². The van der Waals surface area contributed by atoms with Gasteiger partial charge in [-0.3, -0.25) is 4.79 Å². The first kappa shape index (κ1) is 19.1. The maximum Gasteiger partial charge on any atom is 0.344 e. The summed E-state index contributed by atoms with van der Waals surface area (Å²) in [5.74, 6) is -0.750. The SMILES string of the molecule is Cc1ccc(Cl)c(OCC(=O)OCC(=O)Nc2cc(Cl)ccc2C)c1. The smallest absolute Gasteiger partial charge is 0.344 e. The number of anilines is 1. The van der Waals surface area contributed by atoms with Crippen molar-refractivity contribution in [3.63, 3.8) is 0 Å². The molecule has 0 bridgehead atoms. The van der Waals surface area contributed by atoms with Gasteiger partial charge in [-0.2, -0.15) is 0 Å². The molecule has 0 saturated carbocycles. The molecule has 0 aliphatic rings. The van der Waals surface area contributed by atoms with Gasteiger partial charge in [0.25, 0.3) is 5.91 Å². The average molecular weight is 382 g/mol. The van der Waals surface area contributed by atoms with Crippen LogP contribution in [0.5, 0.6) is 5.75 Å². The quantitative estimate of drug-likeness (QED) is 0.762. The van der Waals surface area contributed by atoms with Crippen LogP contribution < -0.4 is 10.1 Å². The fourth-order valence-electron chi connectivity index (χ4n) is 1.96. The first-order valence-corrected chi connectivity index (χ1v) is 8.21. The molecule has 0 radical (unpaired) electrons. The summed E-state index contributed by atoms with van der Waals surface area (Å²) < 4.78 is 10.2. The molecule has 0 aliphatic carbocycles. The number of nitrogens with one attached hydrogen (secondary N) is 1. The predicted octanol–water partition coefficient (Wildman–Crippen LogP) is 4.17. The van der Waals surface area contributed by atoms with Gasteiger partial charge in [0.15, 0.2) is 13.2 Å². The summed E-state index contributed by atoms with van der Waals surface area (Å²) in [5.41, 5.74) is 2.36. The molecular formula is C18H17Cl2NO4. The summed E-state index contributed by atoms with van der Waals surface area (Å²) >= 11 is 11.9. The topological polar surface area (TPSA) is 64.6 Å². The molecule has 0 aromatic heterocycles. The van der Waals surface area contributed by atoms with Crippen LogP contribution in [0.15, 0.2) is 36.4 Å². The van der Waals surface area contributed by atoms with Gasteiger partial charge in [-0.25, -0.2) is 4.79 Å². The van der Waals surface area contributed by atoms with Gasteiger partial charge in [-0.05, 0) is 49.2 Å². The Labute approximate surface area is 155 Å². The highest BCUT2D eigenvalue weighted by Gasteiger charge is 2.11. The molecule has 0 aliphatic heterocycles. The molecule has 0 saturated heterocycles. The summed E-state index contributed by atoms with van der Waals surface area (Å²) in [5, 5.41) is 3.53. The van der Waals surface area contributed by atoms with Gasteiger partial charge in [0.2, 0.25) is 0 Å². The second kappa shape index (κ2) is 8.74. The van der Waals surface area contributed by atoms with Gasteiger partial charge in [0.1, 0.15) is 5.75 Å². The molecular weight excluding hydrogens is 365 g/mol. The zero-order chi connectivity index (χ0) is 18.4. The molecule has 1 N–H and O–H groups in total. The molecule has 2 rings (SSSR count). The number of hydrogen-bond acceptors (Lipinski definition) is 4. The molecule has 132 valence electrons. The van der Waals surface area contributed by atoms with Crippen LogP contribution in [0.4, 0.5) is 5.69 Å². The first-order valence-electron chi connectivity index (χ1n) is 7.45. The normalized spacial score (nSPS) is 10.2. The molecule has 25 heavy (non-hydrogen) atoms. The van der Waals surface area contributed by atoms with E-state index in [1.54, 1.807) is 30.3 Å². The van der Waals surface area contributed by atoms with Crippen molar-refractivity contribution in [3.8, 4) is 5.75 Å². The Bertz CT molecular complexity index is 793. The minimum atomic E-state index is -0.671. The highest BCUT2D eigenvalue weighted by Crippen LogP contribution is 2.25. The Morgan fingerprint density at radius 3 is 2.56 bits per heavy atom. The number of carbonyl (C=O) groups is 2. The van der Waals surface area contributed by atoms with E-state index in [1.807, 2.05) is 19.9 Å². The lowest BCUT2D eigenvalue weighted by Gasteiger charge is -2.10. The summed E-state index contributed by atoms with van der Waals surface area (Å²) in [7, 11) is 0. The van der Waals surface area contributed by atoms with Gasteiger partial charge in [0, 0.05) is 10.7 Å². The van der Waals surface area contributed by atoms with Gasteiger partial charge in [-0.15, -0.1) is 0 Å². The van der Waals surface area contributed by atoms with E-state index in [1.165, 1.54) is 0 Å². The van der Waals surface area contributed by atoms with Crippen molar-refractivity contribution in [1.82, 2.24) is 0 Å². The van der Waals surface area contributed by atoms with E-state index >= 15 is 0 Å². The van der Waals surface area contributed by atoms with Gasteiger partial charge in [-0.1, -0.05) is 35.3 Å². The van der Waals surface area contributed by atoms with E-state index in [2.05, 4.69) is 5.32 Å². The van der Waals surface area contributed by atoms with Crippen molar-refractivity contribution in [1.29, 1.82) is 0 Å². The maximum atomic E-state index is 11.9. The lowest BCUT2D eigenvalue weighted by Crippen LogP contribution is -2.24. The molecule has 0 heterocycles. The third-order valence-electron chi connectivity index (χ3n) is 3.27. The molecule has 5 nitrogen and oxygen atoms in total. The molecule has 2 aromatic carbocycles. The number of esters is 1. The minimum Gasteiger partial charge on any atom is -0.480 e. The van der Waals surface area contributed by atoms with E-state index in [9.17, 15) is 9.59 Å². The summed E-state index contributed by atoms with van der Waals surface area (Å²) in [6.07, 6.45) is 0. The Balaban J connectivity index is 1.80. The number of rotatable bonds is 6. The zero-order valence-electron chi connectivity index (χ0n) is 13.8. The molecule has 0 unspecified atom stereocenters. The average Bonchev–Trinajstić information content (AvgIpc) is 2.57. The largest absolute Gasteiger partial charge is 0.480 e. The zero-order valence-corrected chi connectivity index (χ0v) is 15.3. The molecule has 0 spiro atoms. The molecule has 0 fully saturated rings. The molecule has 7 heteroatoms. The second-order valence-corrected chi connectivity index (χ2v) is 6.23. The van der Waals surface area contributed by atoms with Crippen LogP contribution in [-0.2, 0) is 14.3 Å². The second-order valence-electron chi connectivity index (χ2n) is 5.39. The van der Waals surface area contributed by atoms with Crippen LogP contribution in [0.1, 0.15) is 11.1 Å². The summed E-state index contributed by atoms with van der Waals surface area (Å²) in [4.78, 5) is 23.6. The molecule has 1 amide bonds. The standard InChI is InChI=1S/C18H17Cl2NO4/c1-11-3-6-14(20)16(7-11)24-10-18(23)25-9-17(22)21-15-8-13(19)5-4-12(15)2/h3-8H,9-10H2,1-2H3,(H,21,22). The maximum absolute atomic E-state index is 11.9. The van der Waals surface area contributed by atoms with Crippen LogP contribution in [-0.4, -0.2) is 25.1 Å². The van der Waals surface area contributed by atoms with Crippen molar-refractivity contribution >= 4 is 40.8 Å². The van der Waals surface area contributed by atoms with Crippen LogP contribution in [0.25, 0.3) is 0 Å². The van der Waals surface area contributed by atoms with E-state index in [0.717, 1.165) is 11.1 Å². The minimum absolute atomic E-state index is 0.341. The van der Waals surface area contributed by atoms with Crippen molar-refractivity contribution < 1.29 is 19.1 Å². The van der Waals surface area contributed by atoms with Crippen molar-refractivity contribution in [2.45, 2.75) is 13.8 Å². The Kier molecular flexibility index (Phi) is 6.67. The van der Waals surface area contributed by atoms with E-state index in [-0.39, 0.29) is 6.61 Å². The number of amides is 1. The van der Waals surface area contributed by atoms with Crippen LogP contribution in [0.2, 0.25) is 10.0 Å². The predicted molar refractivity (Wildman–Crippen MR) is 97.5 cm³/mol. The third kappa shape index (κ3) is 5.96. The number of ether oxygens (including phenoxy) is 2. The number of hydrogen-bond donors (Lipinski definition) is 1. The van der Waals surface area contributed by atoms with Crippen LogP contribution in [0, 0.1) is 13.8 Å². The number of carbonyl (C=O) groups excluding carboxylic acids is 2. The lowest BCUT2D eigenvalue weighted by molar-refractivity contribution is -0.149. The third-order valence-corrected chi connectivity index (χ3v) is 3.82. The monoisotopic (exact) mass is 381 g/mol. The van der Waals surface area contributed by atoms with Gasteiger partial charge >= 0.3 is 5.97 Å². The van der Waals surface area contributed by atoms with E-state index < -0.39 is 18.5 Å². The summed E-state index contributed by atoms with van der Waals surface area (Å²) in [6, 6.07) is 10.3. The Morgan fingerprint density at radius 2 is 1.80 bits per heavy atom. The van der Waals surface area contributed by atoms with E-state index in [0.29, 0.717) is 21.5 Å². The van der Waals surface area contributed by atoms with Crippen molar-refractivity contribution in [3.05, 3.63) is 57.6 Å². The summed E-state index contributed by atoms with van der Waals surface area (Å²) in [6.45, 7) is 2.95. The van der Waals surface area contributed by atoms with Crippen LogP contribution >= 0.6 is 23.2 Å². The van der Waals surface area contributed by atoms with Crippen molar-refractivity contribution in [2.24, 2.45) is 0 Å². The molecule has 0 atom stereocenters. The number of aryl methyl sites for hydroxylation is 2.